The molecule has 0 fully saturated rings. The van der Waals surface area contributed by atoms with Gasteiger partial charge in [0.25, 0.3) is 0 Å². The van der Waals surface area contributed by atoms with Gasteiger partial charge in [0.15, 0.2) is 0 Å². The summed E-state index contributed by atoms with van der Waals surface area (Å²) < 4.78 is 0. The summed E-state index contributed by atoms with van der Waals surface area (Å²) in [5.74, 6) is 0. The Bertz CT molecular complexity index is 11.5. The zero-order chi connectivity index (χ0) is 2.71. The first kappa shape index (κ1) is 26.9. The molecule has 0 aliphatic heterocycles. The number of hydrogen-bond acceptors (Lipinski definition) is 1. The Morgan fingerprint density at radius 3 is 1.33 bits per heavy atom. The van der Waals surface area contributed by atoms with Gasteiger partial charge >= 0.3 is 21.1 Å². The van der Waals surface area contributed by atoms with Crippen LogP contribution in [0.3, 0.4) is 0 Å². The SMILES string of the molecule is CCO.[Cl-].[Cl-].[Pt+2]. The molecule has 1 nitrogen and oxygen atoms in total. The van der Waals surface area contributed by atoms with Crippen molar-refractivity contribution in [3.63, 3.8) is 0 Å². The van der Waals surface area contributed by atoms with E-state index in [9.17, 15) is 0 Å². The Morgan fingerprint density at radius 1 is 1.33 bits per heavy atom. The molecular formula is C2H6Cl2OPt. The molecule has 0 spiro atoms. The average molecular weight is 312 g/mol. The van der Waals surface area contributed by atoms with Gasteiger partial charge in [0.05, 0.1) is 0 Å². The van der Waals surface area contributed by atoms with Gasteiger partial charge in [0, 0.05) is 6.61 Å². The third-order valence-corrected chi connectivity index (χ3v) is 0. The average Bonchev–Trinajstić information content (AvgIpc) is 0.918. The molecule has 0 heterocycles. The predicted octanol–water partition coefficient (Wildman–Crippen LogP) is -6.00. The summed E-state index contributed by atoms with van der Waals surface area (Å²) in [6.07, 6.45) is 0. The van der Waals surface area contributed by atoms with Crippen LogP contribution in [0.1, 0.15) is 6.92 Å². The molecule has 0 atom stereocenters. The van der Waals surface area contributed by atoms with Gasteiger partial charge in [-0.1, -0.05) is 0 Å². The monoisotopic (exact) mass is 311 g/mol. The van der Waals surface area contributed by atoms with E-state index in [4.69, 9.17) is 5.11 Å². The summed E-state index contributed by atoms with van der Waals surface area (Å²) in [4.78, 5) is 0. The van der Waals surface area contributed by atoms with E-state index in [-0.39, 0.29) is 52.5 Å². The molecular weight excluding hydrogens is 306 g/mol. The predicted molar refractivity (Wildman–Crippen MR) is 12.8 cm³/mol. The van der Waals surface area contributed by atoms with E-state index < -0.39 is 0 Å². The Balaban J connectivity index is -0.00000000667. The van der Waals surface area contributed by atoms with Crippen LogP contribution in [0.2, 0.25) is 0 Å². The number of hydrogen-bond donors (Lipinski definition) is 1. The van der Waals surface area contributed by atoms with E-state index >= 15 is 0 Å². The molecule has 0 saturated heterocycles. The first-order valence-corrected chi connectivity index (χ1v) is 1.02. The fraction of sp³-hybridized carbons (Fsp3) is 1.00. The second-order valence-corrected chi connectivity index (χ2v) is 0.316. The Morgan fingerprint density at radius 2 is 1.33 bits per heavy atom. The normalized spacial score (nSPS) is 3.00. The third kappa shape index (κ3) is 62.0. The molecule has 4 heteroatoms. The van der Waals surface area contributed by atoms with E-state index in [1.54, 1.807) is 6.92 Å². The van der Waals surface area contributed by atoms with Crippen LogP contribution in [0.25, 0.3) is 0 Å². The van der Waals surface area contributed by atoms with Crippen molar-refractivity contribution < 1.29 is 51.0 Å². The maximum atomic E-state index is 7.57. The largest absolute Gasteiger partial charge is 2.00 e. The second kappa shape index (κ2) is 34.3. The van der Waals surface area contributed by atoms with Crippen LogP contribution in [0.5, 0.6) is 0 Å². The number of rotatable bonds is 0. The molecule has 0 amide bonds. The van der Waals surface area contributed by atoms with E-state index in [1.807, 2.05) is 0 Å². The zero-order valence-electron chi connectivity index (χ0n) is 3.23. The van der Waals surface area contributed by atoms with E-state index in [0.29, 0.717) is 0 Å². The quantitative estimate of drug-likeness (QED) is 0.472. The van der Waals surface area contributed by atoms with Gasteiger partial charge in [-0.2, -0.15) is 0 Å². The van der Waals surface area contributed by atoms with Crippen LogP contribution in [0.4, 0.5) is 0 Å². The number of aliphatic hydroxyl groups excluding tert-OH is 1. The van der Waals surface area contributed by atoms with Crippen molar-refractivity contribution in [2.75, 3.05) is 6.61 Å². The van der Waals surface area contributed by atoms with E-state index in [2.05, 4.69) is 0 Å². The Labute approximate surface area is 64.6 Å². The maximum Gasteiger partial charge on any atom is 2.00 e. The number of aliphatic hydroxyl groups is 1. The van der Waals surface area contributed by atoms with Crippen molar-refractivity contribution >= 4 is 0 Å². The van der Waals surface area contributed by atoms with Gasteiger partial charge in [0.2, 0.25) is 0 Å². The molecule has 0 aliphatic rings. The summed E-state index contributed by atoms with van der Waals surface area (Å²) in [7, 11) is 0. The summed E-state index contributed by atoms with van der Waals surface area (Å²) >= 11 is 0. The fourth-order valence-corrected chi connectivity index (χ4v) is 0. The minimum atomic E-state index is 0. The van der Waals surface area contributed by atoms with Gasteiger partial charge in [-0.15, -0.1) is 0 Å². The molecule has 0 aromatic rings. The van der Waals surface area contributed by atoms with E-state index in [1.165, 1.54) is 0 Å². The molecule has 0 saturated carbocycles. The van der Waals surface area contributed by atoms with Crippen molar-refractivity contribution in [1.29, 1.82) is 0 Å². The first-order valence-electron chi connectivity index (χ1n) is 1.02. The maximum absolute atomic E-state index is 7.57. The molecule has 0 bridgehead atoms. The van der Waals surface area contributed by atoms with Crippen molar-refractivity contribution in [3.8, 4) is 0 Å². The summed E-state index contributed by atoms with van der Waals surface area (Å²) in [6.45, 7) is 1.93. The van der Waals surface area contributed by atoms with Crippen molar-refractivity contribution in [1.82, 2.24) is 0 Å². The molecule has 0 aromatic carbocycles. The van der Waals surface area contributed by atoms with Crippen LogP contribution in [0.15, 0.2) is 0 Å². The summed E-state index contributed by atoms with van der Waals surface area (Å²) in [6, 6.07) is 0. The van der Waals surface area contributed by atoms with Crippen LogP contribution < -0.4 is 24.8 Å². The molecule has 0 rings (SSSR count). The minimum absolute atomic E-state index is 0. The van der Waals surface area contributed by atoms with Crippen LogP contribution in [-0.2, 0) is 21.1 Å². The third-order valence-electron chi connectivity index (χ3n) is 0. The fourth-order valence-electron chi connectivity index (χ4n) is 0. The molecule has 0 aliphatic carbocycles. The van der Waals surface area contributed by atoms with Gasteiger partial charge in [0.1, 0.15) is 0 Å². The Hall–Kier alpha value is 1.23. The molecule has 0 unspecified atom stereocenters. The second-order valence-electron chi connectivity index (χ2n) is 0.316. The van der Waals surface area contributed by atoms with Gasteiger partial charge in [-0.05, 0) is 6.92 Å². The van der Waals surface area contributed by atoms with Crippen molar-refractivity contribution in [2.45, 2.75) is 6.92 Å². The van der Waals surface area contributed by atoms with Gasteiger partial charge in [-0.25, -0.2) is 0 Å². The molecule has 1 N–H and O–H groups in total. The molecule has 0 radical (unpaired) electrons. The van der Waals surface area contributed by atoms with Crippen LogP contribution in [-0.4, -0.2) is 11.7 Å². The molecule has 6 heavy (non-hydrogen) atoms. The van der Waals surface area contributed by atoms with Gasteiger partial charge < -0.3 is 29.9 Å². The topological polar surface area (TPSA) is 20.2 Å². The number of halogens is 2. The van der Waals surface area contributed by atoms with Crippen molar-refractivity contribution in [3.05, 3.63) is 0 Å². The first-order chi connectivity index (χ1) is 1.41. The van der Waals surface area contributed by atoms with Gasteiger partial charge in [-0.3, -0.25) is 0 Å². The Kier molecular flexibility index (Phi) is 154. The summed E-state index contributed by atoms with van der Waals surface area (Å²) in [5.41, 5.74) is 0. The zero-order valence-corrected chi connectivity index (χ0v) is 7.01. The minimum Gasteiger partial charge on any atom is -1.00 e. The summed E-state index contributed by atoms with van der Waals surface area (Å²) in [5, 5.41) is 7.57. The smallest absolute Gasteiger partial charge is 1.00 e. The van der Waals surface area contributed by atoms with Crippen molar-refractivity contribution in [2.24, 2.45) is 0 Å². The van der Waals surface area contributed by atoms with Crippen LogP contribution >= 0.6 is 0 Å². The van der Waals surface area contributed by atoms with Crippen LogP contribution in [0, 0.1) is 0 Å². The molecule has 0 aromatic heterocycles. The molecule has 44 valence electrons. The van der Waals surface area contributed by atoms with E-state index in [0.717, 1.165) is 0 Å². The standard InChI is InChI=1S/C2H6O.2ClH.Pt/c1-2-3;;;/h3H,2H2,1H3;2*1H;/q;;;+2/p-2.